The maximum Gasteiger partial charge on any atom is 0.247 e. The average molecular weight is 333 g/mol. The highest BCUT2D eigenvalue weighted by Crippen LogP contribution is 2.31. The van der Waals surface area contributed by atoms with Crippen LogP contribution in [-0.2, 0) is 10.0 Å². The summed E-state index contributed by atoms with van der Waals surface area (Å²) in [5, 5.41) is 3.60. The third kappa shape index (κ3) is 3.51. The van der Waals surface area contributed by atoms with Crippen LogP contribution in [0.5, 0.6) is 5.75 Å². The van der Waals surface area contributed by atoms with Crippen LogP contribution >= 0.6 is 11.6 Å². The first kappa shape index (κ1) is 16.5. The van der Waals surface area contributed by atoms with Gasteiger partial charge >= 0.3 is 0 Å². The first-order valence-corrected chi connectivity index (χ1v) is 8.88. The van der Waals surface area contributed by atoms with Crippen LogP contribution < -0.4 is 10.1 Å². The molecule has 1 saturated heterocycles. The first-order valence-electron chi connectivity index (χ1n) is 7.06. The molecule has 1 unspecified atom stereocenters. The predicted molar refractivity (Wildman–Crippen MR) is 83.5 cm³/mol. The molecule has 1 atom stereocenters. The number of nitrogens with one attached hydrogen (secondary N) is 1. The number of hydrogen-bond donors (Lipinski definition) is 1. The lowest BCUT2D eigenvalue weighted by Crippen LogP contribution is -2.42. The molecule has 5 nitrogen and oxygen atoms in total. The number of rotatable bonds is 6. The van der Waals surface area contributed by atoms with Gasteiger partial charge in [-0.15, -0.1) is 0 Å². The average Bonchev–Trinajstić information content (AvgIpc) is 2.98. The highest BCUT2D eigenvalue weighted by atomic mass is 35.5. The summed E-state index contributed by atoms with van der Waals surface area (Å²) >= 11 is 5.97. The molecule has 1 aliphatic rings. The van der Waals surface area contributed by atoms with Crippen molar-refractivity contribution < 1.29 is 13.2 Å². The Labute approximate surface area is 131 Å². The molecule has 1 aromatic carbocycles. The van der Waals surface area contributed by atoms with Crippen LogP contribution in [0.2, 0.25) is 5.02 Å². The van der Waals surface area contributed by atoms with Crippen molar-refractivity contribution in [2.45, 2.75) is 30.7 Å². The number of nitrogens with zero attached hydrogens (tertiary/aromatic N) is 1. The van der Waals surface area contributed by atoms with E-state index in [-0.39, 0.29) is 10.9 Å². The number of ether oxygens (including phenoxy) is 1. The SMILES string of the molecule is CCCN(C1CCNC1)S(=O)(=O)c1cc(Cl)ccc1OC. The second kappa shape index (κ2) is 6.96. The van der Waals surface area contributed by atoms with Gasteiger partial charge in [-0.25, -0.2) is 8.42 Å². The smallest absolute Gasteiger partial charge is 0.247 e. The van der Waals surface area contributed by atoms with Crippen LogP contribution in [-0.4, -0.2) is 45.5 Å². The minimum Gasteiger partial charge on any atom is -0.495 e. The van der Waals surface area contributed by atoms with Crippen LogP contribution in [0.1, 0.15) is 19.8 Å². The van der Waals surface area contributed by atoms with Gasteiger partial charge in [0.1, 0.15) is 10.6 Å². The summed E-state index contributed by atoms with van der Waals surface area (Å²) in [7, 11) is -2.17. The summed E-state index contributed by atoms with van der Waals surface area (Å²) in [6.07, 6.45) is 1.58. The fourth-order valence-corrected chi connectivity index (χ4v) is 4.75. The molecule has 118 valence electrons. The molecule has 0 amide bonds. The molecule has 0 saturated carbocycles. The number of benzene rings is 1. The van der Waals surface area contributed by atoms with Gasteiger partial charge in [0.15, 0.2) is 0 Å². The van der Waals surface area contributed by atoms with Crippen LogP contribution in [0.15, 0.2) is 23.1 Å². The minimum atomic E-state index is -3.63. The lowest BCUT2D eigenvalue weighted by molar-refractivity contribution is 0.331. The molecule has 0 radical (unpaired) electrons. The summed E-state index contributed by atoms with van der Waals surface area (Å²) in [4.78, 5) is 0.137. The monoisotopic (exact) mass is 332 g/mol. The fraction of sp³-hybridized carbons (Fsp3) is 0.571. The van der Waals surface area contributed by atoms with Gasteiger partial charge in [0.25, 0.3) is 0 Å². The maximum absolute atomic E-state index is 13.0. The summed E-state index contributed by atoms with van der Waals surface area (Å²) in [5.41, 5.74) is 0. The summed E-state index contributed by atoms with van der Waals surface area (Å²) in [5.74, 6) is 0.325. The molecular formula is C14H21ClN2O3S. The van der Waals surface area contributed by atoms with E-state index in [4.69, 9.17) is 16.3 Å². The van der Waals surface area contributed by atoms with Gasteiger partial charge in [0.2, 0.25) is 10.0 Å². The Balaban J connectivity index is 2.44. The van der Waals surface area contributed by atoms with Crippen LogP contribution in [0.4, 0.5) is 0 Å². The zero-order chi connectivity index (χ0) is 15.5. The highest BCUT2D eigenvalue weighted by Gasteiger charge is 2.34. The van der Waals surface area contributed by atoms with Crippen molar-refractivity contribution in [3.05, 3.63) is 23.2 Å². The Kier molecular flexibility index (Phi) is 5.48. The Morgan fingerprint density at radius 1 is 1.48 bits per heavy atom. The van der Waals surface area contributed by atoms with E-state index in [9.17, 15) is 8.42 Å². The molecule has 0 aromatic heterocycles. The van der Waals surface area contributed by atoms with Gasteiger partial charge < -0.3 is 10.1 Å². The first-order chi connectivity index (χ1) is 10.0. The molecule has 0 bridgehead atoms. The van der Waals surface area contributed by atoms with E-state index in [1.807, 2.05) is 6.92 Å². The lowest BCUT2D eigenvalue weighted by Gasteiger charge is -2.28. The van der Waals surface area contributed by atoms with E-state index < -0.39 is 10.0 Å². The quantitative estimate of drug-likeness (QED) is 0.866. The molecule has 7 heteroatoms. The van der Waals surface area contributed by atoms with Crippen molar-refractivity contribution in [1.29, 1.82) is 0 Å². The molecular weight excluding hydrogens is 312 g/mol. The Morgan fingerprint density at radius 2 is 2.24 bits per heavy atom. The topological polar surface area (TPSA) is 58.6 Å². The predicted octanol–water partition coefficient (Wildman–Crippen LogP) is 2.11. The number of halogens is 1. The van der Waals surface area contributed by atoms with Gasteiger partial charge in [-0.05, 0) is 37.6 Å². The molecule has 21 heavy (non-hydrogen) atoms. The van der Waals surface area contributed by atoms with Gasteiger partial charge in [-0.2, -0.15) is 4.31 Å². The molecule has 1 heterocycles. The van der Waals surface area contributed by atoms with Gasteiger partial charge in [-0.1, -0.05) is 18.5 Å². The summed E-state index contributed by atoms with van der Waals surface area (Å²) in [6.45, 7) is 3.99. The van der Waals surface area contributed by atoms with Crippen LogP contribution in [0.3, 0.4) is 0 Å². The third-order valence-electron chi connectivity index (χ3n) is 3.60. The maximum atomic E-state index is 13.0. The third-order valence-corrected chi connectivity index (χ3v) is 5.81. The zero-order valence-corrected chi connectivity index (χ0v) is 13.9. The fourth-order valence-electron chi connectivity index (χ4n) is 2.58. The molecule has 2 rings (SSSR count). The van der Waals surface area contributed by atoms with Gasteiger partial charge in [0.05, 0.1) is 7.11 Å². The molecule has 1 N–H and O–H groups in total. The van der Waals surface area contributed by atoms with E-state index in [1.165, 1.54) is 13.2 Å². The molecule has 0 aliphatic carbocycles. The number of methoxy groups -OCH3 is 1. The van der Waals surface area contributed by atoms with Gasteiger partial charge in [0, 0.05) is 24.2 Å². The van der Waals surface area contributed by atoms with Crippen molar-refractivity contribution >= 4 is 21.6 Å². The second-order valence-electron chi connectivity index (χ2n) is 5.06. The summed E-state index contributed by atoms with van der Waals surface area (Å²) < 4.78 is 32.8. The van der Waals surface area contributed by atoms with Crippen LogP contribution in [0.25, 0.3) is 0 Å². The molecule has 1 aliphatic heterocycles. The molecule has 1 aromatic rings. The number of hydrogen-bond acceptors (Lipinski definition) is 4. The normalized spacial score (nSPS) is 19.1. The van der Waals surface area contributed by atoms with E-state index in [2.05, 4.69) is 5.32 Å². The van der Waals surface area contributed by atoms with Crippen molar-refractivity contribution in [3.8, 4) is 5.75 Å². The summed E-state index contributed by atoms with van der Waals surface area (Å²) in [6, 6.07) is 4.66. The van der Waals surface area contributed by atoms with Crippen molar-refractivity contribution in [3.63, 3.8) is 0 Å². The highest BCUT2D eigenvalue weighted by molar-refractivity contribution is 7.89. The largest absolute Gasteiger partial charge is 0.495 e. The Morgan fingerprint density at radius 3 is 2.81 bits per heavy atom. The lowest BCUT2D eigenvalue weighted by atomic mass is 10.2. The van der Waals surface area contributed by atoms with E-state index in [0.29, 0.717) is 23.9 Å². The standard InChI is InChI=1S/C14H21ClN2O3S/c1-3-8-17(12-6-7-16-10-12)21(18,19)14-9-11(15)4-5-13(14)20-2/h4-5,9,12,16H,3,6-8,10H2,1-2H3. The van der Waals surface area contributed by atoms with E-state index in [0.717, 1.165) is 19.4 Å². The van der Waals surface area contributed by atoms with Crippen molar-refractivity contribution in [2.24, 2.45) is 0 Å². The zero-order valence-electron chi connectivity index (χ0n) is 12.3. The van der Waals surface area contributed by atoms with Crippen molar-refractivity contribution in [2.75, 3.05) is 26.7 Å². The molecule has 0 spiro atoms. The minimum absolute atomic E-state index is 0.0152. The van der Waals surface area contributed by atoms with E-state index in [1.54, 1.807) is 16.4 Å². The van der Waals surface area contributed by atoms with E-state index >= 15 is 0 Å². The van der Waals surface area contributed by atoms with Gasteiger partial charge in [-0.3, -0.25) is 0 Å². The number of sulfonamides is 1. The van der Waals surface area contributed by atoms with Crippen molar-refractivity contribution in [1.82, 2.24) is 9.62 Å². The Hall–Kier alpha value is -0.820. The van der Waals surface area contributed by atoms with Crippen LogP contribution in [0, 0.1) is 0 Å². The second-order valence-corrected chi connectivity index (χ2v) is 7.35. The molecule has 1 fully saturated rings. The Bertz CT molecular complexity index is 586.